The molecule has 2 aromatic rings. The van der Waals surface area contributed by atoms with Gasteiger partial charge >= 0.3 is 0 Å². The lowest BCUT2D eigenvalue weighted by atomic mass is 10.1. The third-order valence-electron chi connectivity index (χ3n) is 3.03. The predicted octanol–water partition coefficient (Wildman–Crippen LogP) is 0.987. The number of hydrazine groups is 1. The Morgan fingerprint density at radius 3 is 2.90 bits per heavy atom. The maximum atomic E-state index is 12.1. The molecule has 1 aromatic carbocycles. The minimum Gasteiger partial charge on any atom is -0.352 e. The quantitative estimate of drug-likeness (QED) is 0.560. The molecule has 20 heavy (non-hydrogen) atoms. The molecule has 0 saturated heterocycles. The van der Waals surface area contributed by atoms with Crippen molar-refractivity contribution in [2.75, 3.05) is 12.0 Å². The van der Waals surface area contributed by atoms with Crippen molar-refractivity contribution in [3.05, 3.63) is 47.3 Å². The van der Waals surface area contributed by atoms with Gasteiger partial charge in [-0.25, -0.2) is 0 Å². The Kier molecular flexibility index (Phi) is 4.37. The number of carbonyl (C=O) groups excluding carboxylic acids is 1. The molecule has 2 rings (SSSR count). The van der Waals surface area contributed by atoms with E-state index in [1.165, 1.54) is 0 Å². The fourth-order valence-electron chi connectivity index (χ4n) is 1.99. The summed E-state index contributed by atoms with van der Waals surface area (Å²) in [6.45, 7) is 2.50. The number of rotatable bonds is 5. The van der Waals surface area contributed by atoms with E-state index >= 15 is 0 Å². The van der Waals surface area contributed by atoms with Gasteiger partial charge in [0.25, 0.3) is 5.91 Å². The number of hydrogen-bond donors (Lipinski definition) is 3. The highest BCUT2D eigenvalue weighted by molar-refractivity contribution is 5.99. The second-order valence-corrected chi connectivity index (χ2v) is 4.72. The van der Waals surface area contributed by atoms with Crippen LogP contribution in [0.25, 0.3) is 0 Å². The number of carbonyl (C=O) groups is 1. The summed E-state index contributed by atoms with van der Waals surface area (Å²) in [4.78, 5) is 12.1. The van der Waals surface area contributed by atoms with Gasteiger partial charge in [-0.3, -0.25) is 15.3 Å². The SMILES string of the molecule is Cc1ccc(NN)c(C(=O)NCCc2cnn(C)c2)c1. The number of nitrogen functional groups attached to an aromatic ring is 1. The summed E-state index contributed by atoms with van der Waals surface area (Å²) in [7, 11) is 1.87. The molecule has 0 spiro atoms. The number of nitrogens with one attached hydrogen (secondary N) is 2. The number of anilines is 1. The fourth-order valence-corrected chi connectivity index (χ4v) is 1.99. The van der Waals surface area contributed by atoms with E-state index < -0.39 is 0 Å². The van der Waals surface area contributed by atoms with E-state index in [4.69, 9.17) is 5.84 Å². The minimum atomic E-state index is -0.134. The van der Waals surface area contributed by atoms with Crippen molar-refractivity contribution in [1.29, 1.82) is 0 Å². The number of nitrogens with zero attached hydrogens (tertiary/aromatic N) is 2. The van der Waals surface area contributed by atoms with Crippen molar-refractivity contribution in [3.63, 3.8) is 0 Å². The van der Waals surface area contributed by atoms with Crippen molar-refractivity contribution in [3.8, 4) is 0 Å². The Morgan fingerprint density at radius 2 is 2.25 bits per heavy atom. The third kappa shape index (κ3) is 3.36. The molecule has 0 atom stereocenters. The van der Waals surface area contributed by atoms with E-state index in [1.807, 2.05) is 32.3 Å². The van der Waals surface area contributed by atoms with Gasteiger partial charge in [-0.15, -0.1) is 0 Å². The van der Waals surface area contributed by atoms with E-state index in [0.717, 1.165) is 17.5 Å². The van der Waals surface area contributed by atoms with Crippen molar-refractivity contribution < 1.29 is 4.79 Å². The highest BCUT2D eigenvalue weighted by Gasteiger charge is 2.10. The lowest BCUT2D eigenvalue weighted by molar-refractivity contribution is 0.0955. The van der Waals surface area contributed by atoms with Crippen LogP contribution in [0.15, 0.2) is 30.6 Å². The molecule has 1 aromatic heterocycles. The lowest BCUT2D eigenvalue weighted by Gasteiger charge is -2.10. The highest BCUT2D eigenvalue weighted by Crippen LogP contribution is 2.16. The van der Waals surface area contributed by atoms with Crippen LogP contribution < -0.4 is 16.6 Å². The molecule has 0 aliphatic carbocycles. The van der Waals surface area contributed by atoms with Gasteiger partial charge in [-0.2, -0.15) is 5.10 Å². The summed E-state index contributed by atoms with van der Waals surface area (Å²) in [5.41, 5.74) is 5.82. The first-order chi connectivity index (χ1) is 9.60. The zero-order chi connectivity index (χ0) is 14.5. The Bertz CT molecular complexity index is 605. The molecular formula is C14H19N5O. The average Bonchev–Trinajstić information content (AvgIpc) is 2.84. The number of nitrogens with two attached hydrogens (primary N) is 1. The summed E-state index contributed by atoms with van der Waals surface area (Å²) < 4.78 is 1.74. The maximum Gasteiger partial charge on any atom is 0.253 e. The molecule has 0 fully saturated rings. The van der Waals surface area contributed by atoms with Gasteiger partial charge in [0.05, 0.1) is 17.4 Å². The van der Waals surface area contributed by atoms with Crippen LogP contribution in [-0.4, -0.2) is 22.2 Å². The average molecular weight is 273 g/mol. The largest absolute Gasteiger partial charge is 0.352 e. The lowest BCUT2D eigenvalue weighted by Crippen LogP contribution is -2.27. The molecule has 4 N–H and O–H groups in total. The first-order valence-corrected chi connectivity index (χ1v) is 6.43. The summed E-state index contributed by atoms with van der Waals surface area (Å²) in [6.07, 6.45) is 4.48. The smallest absolute Gasteiger partial charge is 0.253 e. The van der Waals surface area contributed by atoms with E-state index in [0.29, 0.717) is 17.8 Å². The first kappa shape index (κ1) is 14.1. The standard InChI is InChI=1S/C14H19N5O/c1-10-3-4-13(18-15)12(7-10)14(20)16-6-5-11-8-17-19(2)9-11/h3-4,7-9,18H,5-6,15H2,1-2H3,(H,16,20). The molecule has 6 heteroatoms. The molecule has 0 saturated carbocycles. The third-order valence-corrected chi connectivity index (χ3v) is 3.03. The van der Waals surface area contributed by atoms with Crippen LogP contribution in [0.5, 0.6) is 0 Å². The molecular weight excluding hydrogens is 254 g/mol. The summed E-state index contributed by atoms with van der Waals surface area (Å²) >= 11 is 0. The molecule has 0 aliphatic heterocycles. The number of benzene rings is 1. The predicted molar refractivity (Wildman–Crippen MR) is 78.2 cm³/mol. The van der Waals surface area contributed by atoms with Crippen molar-refractivity contribution in [2.45, 2.75) is 13.3 Å². The van der Waals surface area contributed by atoms with E-state index in [-0.39, 0.29) is 5.91 Å². The normalized spacial score (nSPS) is 10.3. The van der Waals surface area contributed by atoms with Crippen LogP contribution >= 0.6 is 0 Å². The summed E-state index contributed by atoms with van der Waals surface area (Å²) in [5, 5.41) is 6.98. The summed E-state index contributed by atoms with van der Waals surface area (Å²) in [6, 6.07) is 5.52. The summed E-state index contributed by atoms with van der Waals surface area (Å²) in [5.74, 6) is 5.29. The van der Waals surface area contributed by atoms with Crippen LogP contribution in [0.4, 0.5) is 5.69 Å². The van der Waals surface area contributed by atoms with Gasteiger partial charge in [-0.05, 0) is 31.0 Å². The first-order valence-electron chi connectivity index (χ1n) is 6.43. The van der Waals surface area contributed by atoms with Gasteiger partial charge in [0.15, 0.2) is 0 Å². The number of hydrogen-bond acceptors (Lipinski definition) is 4. The zero-order valence-corrected chi connectivity index (χ0v) is 11.7. The van der Waals surface area contributed by atoms with Crippen molar-refractivity contribution in [2.24, 2.45) is 12.9 Å². The minimum absolute atomic E-state index is 0.134. The maximum absolute atomic E-state index is 12.1. The Morgan fingerprint density at radius 1 is 1.45 bits per heavy atom. The van der Waals surface area contributed by atoms with Crippen LogP contribution in [0, 0.1) is 6.92 Å². The van der Waals surface area contributed by atoms with Gasteiger partial charge in [0.1, 0.15) is 0 Å². The van der Waals surface area contributed by atoms with Crippen LogP contribution in [-0.2, 0) is 13.5 Å². The molecule has 0 radical (unpaired) electrons. The Balaban J connectivity index is 1.96. The molecule has 1 heterocycles. The van der Waals surface area contributed by atoms with Gasteiger partial charge in [0, 0.05) is 19.8 Å². The number of amides is 1. The van der Waals surface area contributed by atoms with Crippen LogP contribution in [0.1, 0.15) is 21.5 Å². The second-order valence-electron chi connectivity index (χ2n) is 4.72. The van der Waals surface area contributed by atoms with Crippen LogP contribution in [0.2, 0.25) is 0 Å². The molecule has 1 amide bonds. The van der Waals surface area contributed by atoms with Gasteiger partial charge in [0.2, 0.25) is 0 Å². The van der Waals surface area contributed by atoms with Crippen molar-refractivity contribution in [1.82, 2.24) is 15.1 Å². The topological polar surface area (TPSA) is 85.0 Å². The van der Waals surface area contributed by atoms with Crippen molar-refractivity contribution >= 4 is 11.6 Å². The molecule has 106 valence electrons. The van der Waals surface area contributed by atoms with E-state index in [2.05, 4.69) is 15.8 Å². The monoisotopic (exact) mass is 273 g/mol. The fraction of sp³-hybridized carbons (Fsp3) is 0.286. The molecule has 0 bridgehead atoms. The van der Waals surface area contributed by atoms with E-state index in [1.54, 1.807) is 16.9 Å². The zero-order valence-electron chi connectivity index (χ0n) is 11.7. The highest BCUT2D eigenvalue weighted by atomic mass is 16.1. The molecule has 0 unspecified atom stereocenters. The Labute approximate surface area is 117 Å². The molecule has 6 nitrogen and oxygen atoms in total. The Hall–Kier alpha value is -2.34. The molecule has 0 aliphatic rings. The number of aromatic nitrogens is 2. The number of aryl methyl sites for hydroxylation is 2. The van der Waals surface area contributed by atoms with Crippen LogP contribution in [0.3, 0.4) is 0 Å². The van der Waals surface area contributed by atoms with Gasteiger partial charge < -0.3 is 10.7 Å². The van der Waals surface area contributed by atoms with E-state index in [9.17, 15) is 4.79 Å². The second kappa shape index (κ2) is 6.21. The van der Waals surface area contributed by atoms with Gasteiger partial charge in [-0.1, -0.05) is 11.6 Å².